The number of piperidine rings is 3. The lowest BCUT2D eigenvalue weighted by molar-refractivity contribution is -0.942. The quantitative estimate of drug-likeness (QED) is 0.599. The average Bonchev–Trinajstić information content (AvgIpc) is 2.61. The molecule has 0 amide bonds. The second-order valence-electron chi connectivity index (χ2n) is 6.77. The summed E-state index contributed by atoms with van der Waals surface area (Å²) in [5.74, 6) is -0.937. The average molecular weight is 359 g/mol. The van der Waals surface area contributed by atoms with Crippen LogP contribution < -0.4 is 9.84 Å². The van der Waals surface area contributed by atoms with E-state index in [1.807, 2.05) is 30.3 Å². The number of nitrogens with zero attached hydrogens (tertiary/aromatic N) is 1. The van der Waals surface area contributed by atoms with E-state index < -0.39 is 12.1 Å². The minimum Gasteiger partial charge on any atom is -0.542 e. The van der Waals surface area contributed by atoms with Crippen molar-refractivity contribution in [1.82, 2.24) is 0 Å². The van der Waals surface area contributed by atoms with Gasteiger partial charge in [-0.05, 0) is 37.3 Å². The van der Waals surface area contributed by atoms with Crippen LogP contribution in [0.5, 0.6) is 5.75 Å². The summed E-state index contributed by atoms with van der Waals surface area (Å²) >= 11 is 0. The molecule has 3 saturated heterocycles. The molecule has 0 N–H and O–H groups in total. The zero-order chi connectivity index (χ0) is 18.3. The zero-order valence-electron chi connectivity index (χ0n) is 14.1. The van der Waals surface area contributed by atoms with Crippen LogP contribution in [-0.4, -0.2) is 49.4 Å². The van der Waals surface area contributed by atoms with Crippen LogP contribution in [-0.2, 0) is 4.79 Å². The van der Waals surface area contributed by atoms with Gasteiger partial charge in [-0.2, -0.15) is 13.2 Å². The minimum atomic E-state index is -5.19. The molecule has 0 saturated carbocycles. The van der Waals surface area contributed by atoms with E-state index in [-0.39, 0.29) is 0 Å². The number of rotatable bonds is 5. The highest BCUT2D eigenvalue weighted by molar-refractivity contribution is 5.70. The van der Waals surface area contributed by atoms with E-state index in [1.165, 1.54) is 56.3 Å². The van der Waals surface area contributed by atoms with E-state index in [2.05, 4.69) is 0 Å². The van der Waals surface area contributed by atoms with Crippen LogP contribution in [0, 0.1) is 5.92 Å². The van der Waals surface area contributed by atoms with Crippen molar-refractivity contribution in [1.29, 1.82) is 0 Å². The molecule has 0 aromatic heterocycles. The number of hydrogen-bond acceptors (Lipinski definition) is 3. The van der Waals surface area contributed by atoms with Gasteiger partial charge in [0.2, 0.25) is 0 Å². The highest BCUT2D eigenvalue weighted by atomic mass is 19.4. The number of para-hydroxylation sites is 1. The molecule has 1 aromatic rings. The van der Waals surface area contributed by atoms with Crippen molar-refractivity contribution in [3.05, 3.63) is 30.3 Å². The Balaban J connectivity index is 0.000000277. The highest BCUT2D eigenvalue weighted by Crippen LogP contribution is 2.33. The van der Waals surface area contributed by atoms with Crippen molar-refractivity contribution in [3.63, 3.8) is 0 Å². The summed E-state index contributed by atoms with van der Waals surface area (Å²) in [7, 11) is 0. The first-order chi connectivity index (χ1) is 11.8. The van der Waals surface area contributed by atoms with E-state index in [0.717, 1.165) is 18.3 Å². The van der Waals surface area contributed by atoms with E-state index in [1.54, 1.807) is 0 Å². The number of carboxylic acids is 1. The number of alkyl halides is 3. The maximum absolute atomic E-state index is 10.5. The fourth-order valence-electron chi connectivity index (χ4n) is 3.58. The normalized spacial score (nSPS) is 25.0. The van der Waals surface area contributed by atoms with Crippen LogP contribution in [0.2, 0.25) is 0 Å². The lowest BCUT2D eigenvalue weighted by atomic mass is 9.85. The Labute approximate surface area is 145 Å². The molecule has 4 nitrogen and oxygen atoms in total. The fraction of sp³-hybridized carbons (Fsp3) is 0.611. The molecular formula is C18H24F3NO3. The lowest BCUT2D eigenvalue weighted by Crippen LogP contribution is -2.58. The van der Waals surface area contributed by atoms with Gasteiger partial charge in [0, 0.05) is 6.42 Å². The number of carbonyl (C=O) groups excluding carboxylic acids is 1. The van der Waals surface area contributed by atoms with Gasteiger partial charge in [0.1, 0.15) is 11.7 Å². The summed E-state index contributed by atoms with van der Waals surface area (Å²) in [6.07, 6.45) is 0.415. The Kier molecular flexibility index (Phi) is 6.70. The monoisotopic (exact) mass is 359 g/mol. The Bertz CT molecular complexity index is 526. The summed E-state index contributed by atoms with van der Waals surface area (Å²) < 4.78 is 38.7. The first kappa shape index (κ1) is 19.6. The molecule has 3 fully saturated rings. The fourth-order valence-corrected chi connectivity index (χ4v) is 3.58. The number of fused-ring (bicyclic) bond motifs is 3. The largest absolute Gasteiger partial charge is 0.542 e. The zero-order valence-corrected chi connectivity index (χ0v) is 14.1. The van der Waals surface area contributed by atoms with Gasteiger partial charge in [-0.25, -0.2) is 0 Å². The van der Waals surface area contributed by atoms with Gasteiger partial charge in [-0.1, -0.05) is 18.2 Å². The van der Waals surface area contributed by atoms with E-state index in [4.69, 9.17) is 14.6 Å². The number of ether oxygens (including phenoxy) is 1. The molecule has 0 atom stereocenters. The third kappa shape index (κ3) is 6.23. The molecule has 2 bridgehead atoms. The van der Waals surface area contributed by atoms with Crippen LogP contribution >= 0.6 is 0 Å². The Hall–Kier alpha value is -1.76. The van der Waals surface area contributed by atoms with Crippen LogP contribution in [0.15, 0.2) is 30.3 Å². The smallest absolute Gasteiger partial charge is 0.430 e. The molecule has 25 heavy (non-hydrogen) atoms. The van der Waals surface area contributed by atoms with Gasteiger partial charge in [0.25, 0.3) is 0 Å². The summed E-state index contributed by atoms with van der Waals surface area (Å²) in [5.41, 5.74) is 0. The van der Waals surface area contributed by atoms with Crippen molar-refractivity contribution in [3.8, 4) is 5.75 Å². The first-order valence-electron chi connectivity index (χ1n) is 8.62. The summed E-state index contributed by atoms with van der Waals surface area (Å²) in [4.78, 5) is 8.78. The Morgan fingerprint density at radius 1 is 1.12 bits per heavy atom. The van der Waals surface area contributed by atoms with Crippen molar-refractivity contribution in [2.75, 3.05) is 32.8 Å². The Morgan fingerprint density at radius 3 is 2.12 bits per heavy atom. The molecule has 3 heterocycles. The number of aliphatic carboxylic acids is 1. The first-order valence-corrected chi connectivity index (χ1v) is 8.62. The molecule has 0 radical (unpaired) electrons. The van der Waals surface area contributed by atoms with Crippen LogP contribution in [0.1, 0.15) is 25.7 Å². The predicted octanol–water partition coefficient (Wildman–Crippen LogP) is 2.38. The van der Waals surface area contributed by atoms with Crippen molar-refractivity contribution in [2.45, 2.75) is 31.9 Å². The molecule has 0 spiro atoms. The van der Waals surface area contributed by atoms with Crippen molar-refractivity contribution < 1.29 is 32.3 Å². The number of hydrogen-bond donors (Lipinski definition) is 0. The standard InChI is InChI=1S/C16H24NO.C2HF3O2/c1-2-5-16(6-3-1)18-14-4-10-17-11-7-15(8-12-17)9-13-17;3-2(4,5)1(6)7/h1-3,5-6,15H,4,7-14H2;(H,6,7)/q+1;/p-1. The van der Waals surface area contributed by atoms with Gasteiger partial charge < -0.3 is 19.1 Å². The topological polar surface area (TPSA) is 49.4 Å². The van der Waals surface area contributed by atoms with Crippen LogP contribution in [0.4, 0.5) is 13.2 Å². The van der Waals surface area contributed by atoms with Gasteiger partial charge in [0.05, 0.1) is 32.8 Å². The van der Waals surface area contributed by atoms with E-state index >= 15 is 0 Å². The summed E-state index contributed by atoms with van der Waals surface area (Å²) in [6.45, 7) is 6.47. The summed E-state index contributed by atoms with van der Waals surface area (Å²) in [5, 5.41) is 8.78. The van der Waals surface area contributed by atoms with Gasteiger partial charge in [-0.15, -0.1) is 0 Å². The third-order valence-corrected chi connectivity index (χ3v) is 5.06. The second-order valence-corrected chi connectivity index (χ2v) is 6.77. The molecule has 4 rings (SSSR count). The van der Waals surface area contributed by atoms with Gasteiger partial charge in [0.15, 0.2) is 0 Å². The number of carbonyl (C=O) groups is 1. The minimum absolute atomic E-state index is 0.868. The number of halogens is 3. The Morgan fingerprint density at radius 2 is 1.64 bits per heavy atom. The van der Waals surface area contributed by atoms with Crippen LogP contribution in [0.3, 0.4) is 0 Å². The third-order valence-electron chi connectivity index (χ3n) is 5.06. The molecule has 0 aliphatic carbocycles. The molecule has 3 aliphatic heterocycles. The second kappa shape index (κ2) is 8.56. The molecule has 0 unspecified atom stereocenters. The predicted molar refractivity (Wildman–Crippen MR) is 84.7 cm³/mol. The number of quaternary nitrogens is 1. The van der Waals surface area contributed by atoms with Crippen LogP contribution in [0.25, 0.3) is 0 Å². The van der Waals surface area contributed by atoms with E-state index in [0.29, 0.717) is 0 Å². The molecular weight excluding hydrogens is 335 g/mol. The molecule has 7 heteroatoms. The van der Waals surface area contributed by atoms with Gasteiger partial charge in [-0.3, -0.25) is 0 Å². The highest BCUT2D eigenvalue weighted by Gasteiger charge is 2.38. The molecule has 140 valence electrons. The number of benzene rings is 1. The van der Waals surface area contributed by atoms with Gasteiger partial charge >= 0.3 is 6.18 Å². The molecule has 1 aromatic carbocycles. The number of carboxylic acid groups (broad SMARTS) is 1. The van der Waals surface area contributed by atoms with E-state index in [9.17, 15) is 13.2 Å². The maximum atomic E-state index is 10.5. The lowest BCUT2D eigenvalue weighted by Gasteiger charge is -2.49. The summed E-state index contributed by atoms with van der Waals surface area (Å²) in [6, 6.07) is 10.2. The maximum Gasteiger partial charge on any atom is 0.430 e. The van der Waals surface area contributed by atoms with Crippen molar-refractivity contribution >= 4 is 5.97 Å². The van der Waals surface area contributed by atoms with Crippen molar-refractivity contribution in [2.24, 2.45) is 5.92 Å². The SMILES string of the molecule is O=C([O-])C(F)(F)F.c1ccc(OCCC[N+]23CCC(CC2)CC3)cc1. The molecule has 3 aliphatic rings.